The van der Waals surface area contributed by atoms with Gasteiger partial charge < -0.3 is 5.73 Å². The standard InChI is InChI=1S/C9H18N2/c1-7(10)5-11-6-8-2-3-9(11)4-8/h7-9H,2-6,10H2,1H3. The number of likely N-dealkylation sites (tertiary alicyclic amines) is 1. The van der Waals surface area contributed by atoms with Crippen LogP contribution in [0.3, 0.4) is 0 Å². The number of nitrogens with two attached hydrogens (primary N) is 1. The topological polar surface area (TPSA) is 29.3 Å². The second kappa shape index (κ2) is 2.76. The van der Waals surface area contributed by atoms with Crippen LogP contribution < -0.4 is 5.73 Å². The molecule has 0 radical (unpaired) electrons. The fraction of sp³-hybridized carbons (Fsp3) is 1.00. The number of nitrogens with zero attached hydrogens (tertiary/aromatic N) is 1. The van der Waals surface area contributed by atoms with Gasteiger partial charge in [0.1, 0.15) is 0 Å². The van der Waals surface area contributed by atoms with Crippen LogP contribution in [0.4, 0.5) is 0 Å². The van der Waals surface area contributed by atoms with E-state index in [1.165, 1.54) is 25.8 Å². The normalized spacial score (nSPS) is 39.8. The lowest BCUT2D eigenvalue weighted by Crippen LogP contribution is -2.40. The van der Waals surface area contributed by atoms with Crippen LogP contribution in [0.1, 0.15) is 26.2 Å². The van der Waals surface area contributed by atoms with Crippen LogP contribution in [0.2, 0.25) is 0 Å². The van der Waals surface area contributed by atoms with Crippen LogP contribution in [0, 0.1) is 5.92 Å². The zero-order chi connectivity index (χ0) is 7.84. The molecule has 0 aromatic carbocycles. The van der Waals surface area contributed by atoms with Gasteiger partial charge in [0, 0.05) is 25.2 Å². The van der Waals surface area contributed by atoms with Crippen molar-refractivity contribution in [2.45, 2.75) is 38.3 Å². The quantitative estimate of drug-likeness (QED) is 0.638. The summed E-state index contributed by atoms with van der Waals surface area (Å²) in [6.45, 7) is 4.54. The highest BCUT2D eigenvalue weighted by molar-refractivity contribution is 4.92. The molecule has 2 rings (SSSR count). The smallest absolute Gasteiger partial charge is 0.0139 e. The van der Waals surface area contributed by atoms with Crippen molar-refractivity contribution in [2.75, 3.05) is 13.1 Å². The lowest BCUT2D eigenvalue weighted by atomic mass is 10.1. The molecule has 1 saturated carbocycles. The number of piperidine rings is 1. The highest BCUT2D eigenvalue weighted by Gasteiger charge is 2.37. The molecule has 3 atom stereocenters. The van der Waals surface area contributed by atoms with Gasteiger partial charge in [-0.25, -0.2) is 0 Å². The molecular weight excluding hydrogens is 136 g/mol. The van der Waals surface area contributed by atoms with E-state index in [2.05, 4.69) is 11.8 Å². The van der Waals surface area contributed by atoms with Crippen molar-refractivity contribution in [3.8, 4) is 0 Å². The maximum atomic E-state index is 5.76. The number of hydrogen-bond acceptors (Lipinski definition) is 2. The molecule has 64 valence electrons. The molecule has 2 N–H and O–H groups in total. The predicted molar refractivity (Wildman–Crippen MR) is 46.4 cm³/mol. The zero-order valence-corrected chi connectivity index (χ0v) is 7.29. The molecule has 2 heteroatoms. The molecule has 0 aromatic rings. The van der Waals surface area contributed by atoms with Crippen LogP contribution in [0.15, 0.2) is 0 Å². The molecular formula is C9H18N2. The van der Waals surface area contributed by atoms with Crippen LogP contribution in [-0.2, 0) is 0 Å². The molecule has 0 aromatic heterocycles. The van der Waals surface area contributed by atoms with Gasteiger partial charge >= 0.3 is 0 Å². The first-order chi connectivity index (χ1) is 5.25. The second-order valence-corrected chi connectivity index (χ2v) is 4.26. The van der Waals surface area contributed by atoms with E-state index in [9.17, 15) is 0 Å². The summed E-state index contributed by atoms with van der Waals surface area (Å²) in [6, 6.07) is 1.25. The van der Waals surface area contributed by atoms with Crippen molar-refractivity contribution in [3.63, 3.8) is 0 Å². The maximum absolute atomic E-state index is 5.76. The number of rotatable bonds is 2. The highest BCUT2D eigenvalue weighted by atomic mass is 15.2. The first-order valence-corrected chi connectivity index (χ1v) is 4.75. The average Bonchev–Trinajstić information content (AvgIpc) is 2.45. The summed E-state index contributed by atoms with van der Waals surface area (Å²) < 4.78 is 0. The average molecular weight is 154 g/mol. The Morgan fingerprint density at radius 3 is 2.82 bits per heavy atom. The first kappa shape index (κ1) is 7.56. The molecule has 2 fully saturated rings. The van der Waals surface area contributed by atoms with Crippen molar-refractivity contribution < 1.29 is 0 Å². The second-order valence-electron chi connectivity index (χ2n) is 4.26. The zero-order valence-electron chi connectivity index (χ0n) is 7.29. The molecule has 1 aliphatic carbocycles. The van der Waals surface area contributed by atoms with Crippen molar-refractivity contribution >= 4 is 0 Å². The van der Waals surface area contributed by atoms with Crippen molar-refractivity contribution in [1.82, 2.24) is 4.90 Å². The number of fused-ring (bicyclic) bond motifs is 2. The van der Waals surface area contributed by atoms with Gasteiger partial charge in [0.05, 0.1) is 0 Å². The highest BCUT2D eigenvalue weighted by Crippen LogP contribution is 2.36. The molecule has 11 heavy (non-hydrogen) atoms. The van der Waals surface area contributed by atoms with E-state index < -0.39 is 0 Å². The Hall–Kier alpha value is -0.0800. The van der Waals surface area contributed by atoms with E-state index >= 15 is 0 Å². The Bertz CT molecular complexity index is 144. The summed E-state index contributed by atoms with van der Waals surface area (Å²) in [7, 11) is 0. The summed E-state index contributed by atoms with van der Waals surface area (Å²) in [4.78, 5) is 2.58. The van der Waals surface area contributed by atoms with E-state index in [0.29, 0.717) is 6.04 Å². The minimum Gasteiger partial charge on any atom is -0.327 e. The van der Waals surface area contributed by atoms with Crippen molar-refractivity contribution in [2.24, 2.45) is 11.7 Å². The van der Waals surface area contributed by atoms with Gasteiger partial charge in [0.2, 0.25) is 0 Å². The van der Waals surface area contributed by atoms with E-state index in [1.54, 1.807) is 0 Å². The Morgan fingerprint density at radius 2 is 2.36 bits per heavy atom. The third-order valence-corrected chi connectivity index (χ3v) is 3.05. The van der Waals surface area contributed by atoms with E-state index in [1.807, 2.05) is 0 Å². The Labute approximate surface area is 68.7 Å². The SMILES string of the molecule is CC(N)CN1CC2CCC1C2. The lowest BCUT2D eigenvalue weighted by molar-refractivity contribution is 0.204. The summed E-state index contributed by atoms with van der Waals surface area (Å²) in [5, 5.41) is 0. The summed E-state index contributed by atoms with van der Waals surface area (Å²) in [5.74, 6) is 1.01. The predicted octanol–water partition coefficient (Wildman–Crippen LogP) is 0.818. The van der Waals surface area contributed by atoms with Crippen LogP contribution in [0.5, 0.6) is 0 Å². The summed E-state index contributed by atoms with van der Waals surface area (Å²) in [6.07, 6.45) is 4.35. The largest absolute Gasteiger partial charge is 0.327 e. The van der Waals surface area contributed by atoms with Crippen LogP contribution in [-0.4, -0.2) is 30.1 Å². The first-order valence-electron chi connectivity index (χ1n) is 4.75. The van der Waals surface area contributed by atoms with Gasteiger partial charge in [-0.15, -0.1) is 0 Å². The Morgan fingerprint density at radius 1 is 1.55 bits per heavy atom. The maximum Gasteiger partial charge on any atom is 0.0139 e. The Balaban J connectivity index is 1.87. The molecule has 1 heterocycles. The molecule has 2 nitrogen and oxygen atoms in total. The van der Waals surface area contributed by atoms with Crippen molar-refractivity contribution in [1.29, 1.82) is 0 Å². The fourth-order valence-electron chi connectivity index (χ4n) is 2.62. The Kier molecular flexibility index (Phi) is 1.90. The summed E-state index contributed by atoms with van der Waals surface area (Å²) in [5.41, 5.74) is 5.76. The van der Waals surface area contributed by atoms with Gasteiger partial charge in [-0.1, -0.05) is 0 Å². The minimum atomic E-state index is 0.356. The third-order valence-electron chi connectivity index (χ3n) is 3.05. The molecule has 0 spiro atoms. The molecule has 2 aliphatic rings. The molecule has 1 saturated heterocycles. The minimum absolute atomic E-state index is 0.356. The van der Waals surface area contributed by atoms with E-state index in [-0.39, 0.29) is 0 Å². The third kappa shape index (κ3) is 1.42. The molecule has 3 unspecified atom stereocenters. The van der Waals surface area contributed by atoms with Gasteiger partial charge in [-0.2, -0.15) is 0 Å². The van der Waals surface area contributed by atoms with E-state index in [4.69, 9.17) is 5.73 Å². The van der Waals surface area contributed by atoms with Gasteiger partial charge in [0.15, 0.2) is 0 Å². The van der Waals surface area contributed by atoms with Gasteiger partial charge in [-0.3, -0.25) is 4.90 Å². The lowest BCUT2D eigenvalue weighted by Gasteiger charge is -2.27. The summed E-state index contributed by atoms with van der Waals surface area (Å²) >= 11 is 0. The molecule has 2 bridgehead atoms. The number of hydrogen-bond donors (Lipinski definition) is 1. The van der Waals surface area contributed by atoms with E-state index in [0.717, 1.165) is 18.5 Å². The van der Waals surface area contributed by atoms with Crippen LogP contribution >= 0.6 is 0 Å². The fourth-order valence-corrected chi connectivity index (χ4v) is 2.62. The van der Waals surface area contributed by atoms with Gasteiger partial charge in [-0.05, 0) is 32.1 Å². The monoisotopic (exact) mass is 154 g/mol. The van der Waals surface area contributed by atoms with Crippen molar-refractivity contribution in [3.05, 3.63) is 0 Å². The molecule has 0 amide bonds. The molecule has 1 aliphatic heterocycles. The van der Waals surface area contributed by atoms with Gasteiger partial charge in [0.25, 0.3) is 0 Å². The van der Waals surface area contributed by atoms with Crippen LogP contribution in [0.25, 0.3) is 0 Å².